The lowest BCUT2D eigenvalue weighted by Crippen LogP contribution is -2.55. The highest BCUT2D eigenvalue weighted by Crippen LogP contribution is 2.41. The van der Waals surface area contributed by atoms with Gasteiger partial charge in [-0.05, 0) is 57.1 Å². The van der Waals surface area contributed by atoms with Gasteiger partial charge in [-0.15, -0.1) is 0 Å². The molecular weight excluding hydrogens is 433 g/mol. The van der Waals surface area contributed by atoms with Gasteiger partial charge in [0.1, 0.15) is 5.75 Å². The molecule has 33 heavy (non-hydrogen) atoms. The van der Waals surface area contributed by atoms with Crippen LogP contribution in [0.15, 0.2) is 36.4 Å². The van der Waals surface area contributed by atoms with Gasteiger partial charge in [0.05, 0.1) is 29.7 Å². The fraction of sp³-hybridized carbons (Fsp3) is 0.458. The van der Waals surface area contributed by atoms with E-state index in [9.17, 15) is 18.0 Å². The lowest BCUT2D eigenvalue weighted by Gasteiger charge is -2.44. The van der Waals surface area contributed by atoms with Gasteiger partial charge in [0.2, 0.25) is 0 Å². The molecule has 6 nitrogen and oxygen atoms in total. The van der Waals surface area contributed by atoms with Crippen LogP contribution in [0, 0.1) is 0 Å². The number of benzene rings is 2. The number of carbonyl (C=O) groups excluding carboxylic acids is 1. The standard InChI is InChI=1S/C24H29F3N4O2/c1-15-13-30(14-16(2)29(15)3)21-12-20-17(11-22(21)33-4)9-10-31(20)23(32)28-19-8-6-5-7-18(19)24(25,26)27/h5-8,11-12,15-16H,9-10,13-14H2,1-4H3,(H,28,32). The smallest absolute Gasteiger partial charge is 0.418 e. The van der Waals surface area contributed by atoms with E-state index >= 15 is 0 Å². The van der Waals surface area contributed by atoms with Crippen molar-refractivity contribution in [1.82, 2.24) is 4.90 Å². The molecule has 178 valence electrons. The van der Waals surface area contributed by atoms with Crippen LogP contribution in [0.4, 0.5) is 35.0 Å². The number of alkyl halides is 3. The predicted octanol–water partition coefficient (Wildman–Crippen LogP) is 4.84. The summed E-state index contributed by atoms with van der Waals surface area (Å²) in [7, 11) is 3.74. The number of likely N-dealkylation sites (N-methyl/N-ethyl adjacent to an activating group) is 1. The van der Waals surface area contributed by atoms with Gasteiger partial charge in [-0.3, -0.25) is 9.80 Å². The molecule has 1 fully saturated rings. The molecule has 2 heterocycles. The van der Waals surface area contributed by atoms with Crippen molar-refractivity contribution < 1.29 is 22.7 Å². The van der Waals surface area contributed by atoms with Gasteiger partial charge in [0.15, 0.2) is 0 Å². The highest BCUT2D eigenvalue weighted by atomic mass is 19.4. The minimum absolute atomic E-state index is 0.251. The molecule has 0 aromatic heterocycles. The molecule has 0 saturated carbocycles. The average Bonchev–Trinajstić information content (AvgIpc) is 3.18. The Morgan fingerprint density at radius 1 is 1.09 bits per heavy atom. The Morgan fingerprint density at radius 2 is 1.76 bits per heavy atom. The van der Waals surface area contributed by atoms with Crippen molar-refractivity contribution >= 4 is 23.1 Å². The fourth-order valence-corrected chi connectivity index (χ4v) is 4.65. The third kappa shape index (κ3) is 4.46. The summed E-state index contributed by atoms with van der Waals surface area (Å²) in [5.41, 5.74) is 1.41. The van der Waals surface area contributed by atoms with E-state index in [4.69, 9.17) is 4.74 Å². The Balaban J connectivity index is 1.63. The topological polar surface area (TPSA) is 48.1 Å². The SMILES string of the molecule is COc1cc2c(cc1N1CC(C)N(C)C(C)C1)N(C(=O)Nc1ccccc1C(F)(F)F)CC2. The van der Waals surface area contributed by atoms with Crippen molar-refractivity contribution in [2.45, 2.75) is 38.5 Å². The molecule has 0 radical (unpaired) electrons. The van der Waals surface area contributed by atoms with Crippen molar-refractivity contribution in [3.63, 3.8) is 0 Å². The van der Waals surface area contributed by atoms with Crippen LogP contribution < -0.4 is 19.9 Å². The van der Waals surface area contributed by atoms with Crippen LogP contribution >= 0.6 is 0 Å². The van der Waals surface area contributed by atoms with Gasteiger partial charge < -0.3 is 15.0 Å². The van der Waals surface area contributed by atoms with E-state index < -0.39 is 17.8 Å². The second kappa shape index (κ2) is 8.78. The summed E-state index contributed by atoms with van der Waals surface area (Å²) >= 11 is 0. The Labute approximate surface area is 191 Å². The number of hydrogen-bond acceptors (Lipinski definition) is 4. The summed E-state index contributed by atoms with van der Waals surface area (Å²) in [6, 6.07) is 8.98. The average molecular weight is 463 g/mol. The molecule has 0 spiro atoms. The molecule has 0 bridgehead atoms. The van der Waals surface area contributed by atoms with Gasteiger partial charge in [-0.1, -0.05) is 12.1 Å². The van der Waals surface area contributed by atoms with E-state index in [0.717, 1.165) is 36.2 Å². The van der Waals surface area contributed by atoms with Crippen LogP contribution in [-0.2, 0) is 12.6 Å². The summed E-state index contributed by atoms with van der Waals surface area (Å²) in [5.74, 6) is 0.738. The number of hydrogen-bond donors (Lipinski definition) is 1. The summed E-state index contributed by atoms with van der Waals surface area (Å²) in [6.45, 7) is 6.33. The molecule has 2 atom stereocenters. The highest BCUT2D eigenvalue weighted by molar-refractivity contribution is 6.04. The highest BCUT2D eigenvalue weighted by Gasteiger charge is 2.35. The van der Waals surface area contributed by atoms with Crippen LogP contribution in [0.25, 0.3) is 0 Å². The molecule has 2 aromatic rings. The molecular formula is C24H29F3N4O2. The molecule has 1 saturated heterocycles. The minimum atomic E-state index is -4.55. The maximum atomic E-state index is 13.4. The van der Waals surface area contributed by atoms with Crippen LogP contribution in [0.3, 0.4) is 0 Å². The first kappa shape index (κ1) is 23.2. The van der Waals surface area contributed by atoms with Gasteiger partial charge in [0.25, 0.3) is 0 Å². The van der Waals surface area contributed by atoms with Crippen LogP contribution in [0.5, 0.6) is 5.75 Å². The van der Waals surface area contributed by atoms with Gasteiger partial charge in [0, 0.05) is 31.7 Å². The number of piperazine rings is 1. The molecule has 2 aliphatic rings. The number of ether oxygens (including phenoxy) is 1. The first-order valence-electron chi connectivity index (χ1n) is 11.0. The number of halogens is 3. The van der Waals surface area contributed by atoms with E-state index in [1.54, 1.807) is 7.11 Å². The quantitative estimate of drug-likeness (QED) is 0.710. The van der Waals surface area contributed by atoms with E-state index in [2.05, 4.69) is 36.0 Å². The lowest BCUT2D eigenvalue weighted by atomic mass is 10.1. The van der Waals surface area contributed by atoms with Crippen molar-refractivity contribution in [2.24, 2.45) is 0 Å². The molecule has 2 amide bonds. The molecule has 2 aromatic carbocycles. The van der Waals surface area contributed by atoms with E-state index in [0.29, 0.717) is 30.7 Å². The maximum absolute atomic E-state index is 13.4. The maximum Gasteiger partial charge on any atom is 0.418 e. The Hall–Kier alpha value is -2.94. The van der Waals surface area contributed by atoms with Crippen molar-refractivity contribution in [3.8, 4) is 5.75 Å². The summed E-state index contributed by atoms with van der Waals surface area (Å²) in [4.78, 5) is 19.1. The molecule has 2 aliphatic heterocycles. The largest absolute Gasteiger partial charge is 0.495 e. The lowest BCUT2D eigenvalue weighted by molar-refractivity contribution is -0.136. The van der Waals surface area contributed by atoms with E-state index in [-0.39, 0.29) is 5.69 Å². The second-order valence-electron chi connectivity index (χ2n) is 8.80. The summed E-state index contributed by atoms with van der Waals surface area (Å²) in [6.07, 6.45) is -3.95. The van der Waals surface area contributed by atoms with Crippen molar-refractivity contribution in [3.05, 3.63) is 47.5 Å². The zero-order chi connectivity index (χ0) is 23.9. The zero-order valence-electron chi connectivity index (χ0n) is 19.2. The van der Waals surface area contributed by atoms with Gasteiger partial charge in [-0.2, -0.15) is 13.2 Å². The Morgan fingerprint density at radius 3 is 2.39 bits per heavy atom. The molecule has 4 rings (SSSR count). The van der Waals surface area contributed by atoms with Crippen LogP contribution in [0.1, 0.15) is 25.0 Å². The second-order valence-corrected chi connectivity index (χ2v) is 8.80. The summed E-state index contributed by atoms with van der Waals surface area (Å²) in [5, 5.41) is 2.46. The summed E-state index contributed by atoms with van der Waals surface area (Å²) < 4.78 is 45.7. The zero-order valence-corrected chi connectivity index (χ0v) is 19.2. The molecule has 0 aliphatic carbocycles. The minimum Gasteiger partial charge on any atom is -0.495 e. The number of anilines is 3. The molecule has 2 unspecified atom stereocenters. The van der Waals surface area contributed by atoms with Gasteiger partial charge >= 0.3 is 12.2 Å². The van der Waals surface area contributed by atoms with E-state index in [1.807, 2.05) is 12.1 Å². The number of nitrogens with one attached hydrogen (secondary N) is 1. The third-order valence-electron chi connectivity index (χ3n) is 6.70. The number of urea groups is 1. The Bertz CT molecular complexity index is 1030. The third-order valence-corrected chi connectivity index (χ3v) is 6.70. The van der Waals surface area contributed by atoms with Crippen molar-refractivity contribution in [1.29, 1.82) is 0 Å². The number of fused-ring (bicyclic) bond motifs is 1. The first-order chi connectivity index (χ1) is 15.6. The number of para-hydroxylation sites is 1. The van der Waals surface area contributed by atoms with Gasteiger partial charge in [-0.25, -0.2) is 4.79 Å². The fourth-order valence-electron chi connectivity index (χ4n) is 4.65. The molecule has 9 heteroatoms. The molecule has 1 N–H and O–H groups in total. The van der Waals surface area contributed by atoms with E-state index in [1.165, 1.54) is 23.1 Å². The Kier molecular flexibility index (Phi) is 6.18. The number of amides is 2. The number of carbonyl (C=O) groups is 1. The number of methoxy groups -OCH3 is 1. The number of rotatable bonds is 3. The normalized spacial score (nSPS) is 21.2. The van der Waals surface area contributed by atoms with Crippen molar-refractivity contribution in [2.75, 3.05) is 48.9 Å². The van der Waals surface area contributed by atoms with Crippen LogP contribution in [0.2, 0.25) is 0 Å². The number of nitrogens with zero attached hydrogens (tertiary/aromatic N) is 3. The monoisotopic (exact) mass is 462 g/mol. The first-order valence-corrected chi connectivity index (χ1v) is 11.0. The van der Waals surface area contributed by atoms with Crippen LogP contribution in [-0.4, -0.2) is 56.8 Å². The predicted molar refractivity (Wildman–Crippen MR) is 123 cm³/mol.